The monoisotopic (exact) mass is 241 g/mol. The number of halogens is 1. The van der Waals surface area contributed by atoms with Crippen LogP contribution in [-0.4, -0.2) is 21.2 Å². The van der Waals surface area contributed by atoms with Crippen molar-refractivity contribution < 1.29 is 0 Å². The number of rotatable bonds is 4. The maximum absolute atomic E-state index is 6.30. The molecule has 2 atom stereocenters. The van der Waals surface area contributed by atoms with Crippen molar-refractivity contribution in [3.8, 4) is 0 Å². The molecule has 16 heavy (non-hydrogen) atoms. The first kappa shape index (κ1) is 11.9. The normalized spacial score (nSPS) is 25.9. The molecule has 4 heteroatoms. The van der Waals surface area contributed by atoms with E-state index < -0.39 is 0 Å². The van der Waals surface area contributed by atoms with Gasteiger partial charge in [0.15, 0.2) is 0 Å². The van der Waals surface area contributed by atoms with Gasteiger partial charge < -0.3 is 5.32 Å². The van der Waals surface area contributed by atoms with E-state index in [1.54, 1.807) is 0 Å². The number of nitrogens with zero attached hydrogens (tertiary/aromatic N) is 2. The first-order valence-electron chi connectivity index (χ1n) is 6.18. The van der Waals surface area contributed by atoms with Crippen LogP contribution in [-0.2, 0) is 13.1 Å². The molecule has 1 aliphatic rings. The molecule has 2 rings (SSSR count). The Labute approximate surface area is 102 Å². The zero-order chi connectivity index (χ0) is 11.4. The third kappa shape index (κ3) is 2.98. The highest BCUT2D eigenvalue weighted by atomic mass is 35.5. The van der Waals surface area contributed by atoms with Crippen molar-refractivity contribution in [2.75, 3.05) is 0 Å². The van der Waals surface area contributed by atoms with Gasteiger partial charge in [-0.2, -0.15) is 5.10 Å². The van der Waals surface area contributed by atoms with Gasteiger partial charge in [0.05, 0.1) is 6.20 Å². The molecular weight excluding hydrogens is 222 g/mol. The Bertz CT molecular complexity index is 324. The largest absolute Gasteiger partial charge is 0.308 e. The van der Waals surface area contributed by atoms with Crippen molar-refractivity contribution in [1.29, 1.82) is 0 Å². The first-order valence-corrected chi connectivity index (χ1v) is 6.62. The van der Waals surface area contributed by atoms with Crippen molar-refractivity contribution in [3.05, 3.63) is 18.0 Å². The zero-order valence-electron chi connectivity index (χ0n) is 9.82. The number of hydrogen-bond donors (Lipinski definition) is 1. The van der Waals surface area contributed by atoms with Crippen molar-refractivity contribution in [1.82, 2.24) is 15.1 Å². The highest BCUT2D eigenvalue weighted by Gasteiger charge is 2.22. The van der Waals surface area contributed by atoms with Gasteiger partial charge in [-0.15, -0.1) is 11.6 Å². The SMILES string of the molecule is CCn1cc(CNC2CCCCC2Cl)cn1. The molecule has 0 radical (unpaired) electrons. The first-order chi connectivity index (χ1) is 7.79. The molecule has 1 heterocycles. The summed E-state index contributed by atoms with van der Waals surface area (Å²) < 4.78 is 1.95. The molecule has 1 N–H and O–H groups in total. The van der Waals surface area contributed by atoms with E-state index in [4.69, 9.17) is 11.6 Å². The molecule has 0 aromatic carbocycles. The molecule has 1 saturated carbocycles. The molecular formula is C12H20ClN3. The van der Waals surface area contributed by atoms with Crippen LogP contribution in [0.5, 0.6) is 0 Å². The molecule has 1 aliphatic carbocycles. The molecule has 0 aliphatic heterocycles. The Morgan fingerprint density at radius 2 is 2.31 bits per heavy atom. The van der Waals surface area contributed by atoms with Crippen molar-refractivity contribution in [2.45, 2.75) is 57.1 Å². The smallest absolute Gasteiger partial charge is 0.0534 e. The lowest BCUT2D eigenvalue weighted by atomic mass is 9.95. The number of alkyl halides is 1. The van der Waals surface area contributed by atoms with Gasteiger partial charge >= 0.3 is 0 Å². The molecule has 1 aromatic rings. The Kier molecular flexibility index (Phi) is 4.24. The summed E-state index contributed by atoms with van der Waals surface area (Å²) in [5, 5.41) is 8.10. The van der Waals surface area contributed by atoms with E-state index in [9.17, 15) is 0 Å². The fourth-order valence-electron chi connectivity index (χ4n) is 2.24. The minimum atomic E-state index is 0.301. The van der Waals surface area contributed by atoms with Gasteiger partial charge in [-0.1, -0.05) is 12.8 Å². The number of aryl methyl sites for hydroxylation is 1. The second-order valence-electron chi connectivity index (χ2n) is 4.49. The van der Waals surface area contributed by atoms with Gasteiger partial charge in [0.25, 0.3) is 0 Å². The predicted octanol–water partition coefficient (Wildman–Crippen LogP) is 2.54. The summed E-state index contributed by atoms with van der Waals surface area (Å²) in [6, 6.07) is 0.473. The van der Waals surface area contributed by atoms with Crippen LogP contribution in [0.1, 0.15) is 38.2 Å². The topological polar surface area (TPSA) is 29.9 Å². The summed E-state index contributed by atoms with van der Waals surface area (Å²) in [5.41, 5.74) is 1.25. The molecule has 2 unspecified atom stereocenters. The van der Waals surface area contributed by atoms with Crippen molar-refractivity contribution in [2.24, 2.45) is 0 Å². The molecule has 1 fully saturated rings. The van der Waals surface area contributed by atoms with Crippen LogP contribution in [0.3, 0.4) is 0 Å². The maximum Gasteiger partial charge on any atom is 0.0534 e. The summed E-state index contributed by atoms with van der Waals surface area (Å²) in [5.74, 6) is 0. The average Bonchev–Trinajstić information content (AvgIpc) is 2.76. The summed E-state index contributed by atoms with van der Waals surface area (Å²) in [6.07, 6.45) is 8.96. The molecule has 0 spiro atoms. The number of hydrogen-bond acceptors (Lipinski definition) is 2. The quantitative estimate of drug-likeness (QED) is 0.822. The average molecular weight is 242 g/mol. The second kappa shape index (κ2) is 5.69. The van der Waals surface area contributed by atoms with E-state index in [1.807, 2.05) is 10.9 Å². The summed E-state index contributed by atoms with van der Waals surface area (Å²) in [4.78, 5) is 0. The summed E-state index contributed by atoms with van der Waals surface area (Å²) >= 11 is 6.30. The standard InChI is InChI=1S/C12H20ClN3/c1-2-16-9-10(8-15-16)7-14-12-6-4-3-5-11(12)13/h8-9,11-12,14H,2-7H2,1H3. The number of aromatic nitrogens is 2. The van der Waals surface area contributed by atoms with Crippen molar-refractivity contribution >= 4 is 11.6 Å². The van der Waals surface area contributed by atoms with Gasteiger partial charge in [-0.25, -0.2) is 0 Å². The highest BCUT2D eigenvalue weighted by molar-refractivity contribution is 6.21. The lowest BCUT2D eigenvalue weighted by Crippen LogP contribution is -2.38. The van der Waals surface area contributed by atoms with Gasteiger partial charge in [0, 0.05) is 36.3 Å². The van der Waals surface area contributed by atoms with E-state index >= 15 is 0 Å². The third-order valence-electron chi connectivity index (χ3n) is 3.26. The third-order valence-corrected chi connectivity index (χ3v) is 3.78. The Balaban J connectivity index is 1.81. The predicted molar refractivity (Wildman–Crippen MR) is 66.6 cm³/mol. The maximum atomic E-state index is 6.30. The molecule has 3 nitrogen and oxygen atoms in total. The van der Waals surface area contributed by atoms with E-state index in [-0.39, 0.29) is 0 Å². The fraction of sp³-hybridized carbons (Fsp3) is 0.750. The Hall–Kier alpha value is -0.540. The van der Waals surface area contributed by atoms with E-state index in [0.717, 1.165) is 19.5 Å². The van der Waals surface area contributed by atoms with Crippen LogP contribution < -0.4 is 5.32 Å². The van der Waals surface area contributed by atoms with Crippen LogP contribution in [0.15, 0.2) is 12.4 Å². The summed E-state index contributed by atoms with van der Waals surface area (Å²) in [7, 11) is 0. The van der Waals surface area contributed by atoms with Gasteiger partial charge in [0.1, 0.15) is 0 Å². The molecule has 0 saturated heterocycles. The fourth-order valence-corrected chi connectivity index (χ4v) is 2.60. The highest BCUT2D eigenvalue weighted by Crippen LogP contribution is 2.23. The Morgan fingerprint density at radius 1 is 1.50 bits per heavy atom. The molecule has 1 aromatic heterocycles. The van der Waals surface area contributed by atoms with Crippen LogP contribution in [0.25, 0.3) is 0 Å². The van der Waals surface area contributed by atoms with Gasteiger partial charge in [-0.3, -0.25) is 4.68 Å². The molecule has 90 valence electrons. The second-order valence-corrected chi connectivity index (χ2v) is 5.05. The van der Waals surface area contributed by atoms with Crippen LogP contribution in [0.2, 0.25) is 0 Å². The minimum Gasteiger partial charge on any atom is -0.308 e. The van der Waals surface area contributed by atoms with E-state index in [2.05, 4.69) is 23.5 Å². The van der Waals surface area contributed by atoms with Gasteiger partial charge in [-0.05, 0) is 19.8 Å². The lowest BCUT2D eigenvalue weighted by molar-refractivity contribution is 0.378. The summed E-state index contributed by atoms with van der Waals surface area (Å²) in [6.45, 7) is 3.91. The Morgan fingerprint density at radius 3 is 3.00 bits per heavy atom. The zero-order valence-corrected chi connectivity index (χ0v) is 10.6. The molecule has 0 bridgehead atoms. The van der Waals surface area contributed by atoms with E-state index in [0.29, 0.717) is 11.4 Å². The van der Waals surface area contributed by atoms with Gasteiger partial charge in [0.2, 0.25) is 0 Å². The van der Waals surface area contributed by atoms with Crippen LogP contribution >= 0.6 is 11.6 Å². The van der Waals surface area contributed by atoms with Crippen LogP contribution in [0, 0.1) is 0 Å². The number of nitrogens with one attached hydrogen (secondary N) is 1. The van der Waals surface area contributed by atoms with Crippen LogP contribution in [0.4, 0.5) is 0 Å². The minimum absolute atomic E-state index is 0.301. The van der Waals surface area contributed by atoms with Crippen molar-refractivity contribution in [3.63, 3.8) is 0 Å². The molecule has 0 amide bonds. The lowest BCUT2D eigenvalue weighted by Gasteiger charge is -2.27. The van der Waals surface area contributed by atoms with E-state index in [1.165, 1.54) is 24.8 Å².